The smallest absolute Gasteiger partial charge is 0.377 e. The fraction of sp³-hybridized carbons (Fsp3) is 0.300. The SMILES string of the molecule is C[C@H](/C=C/S(C)(=O)=O)NC(=O)c1ncc(N[C@@H](C)c2ccccc2Cl)cc1C(F)(F)F. The van der Waals surface area contributed by atoms with Crippen molar-refractivity contribution in [2.24, 2.45) is 0 Å². The molecule has 11 heteroatoms. The van der Waals surface area contributed by atoms with Gasteiger partial charge in [0.25, 0.3) is 5.91 Å². The van der Waals surface area contributed by atoms with E-state index in [2.05, 4.69) is 15.6 Å². The summed E-state index contributed by atoms with van der Waals surface area (Å²) < 4.78 is 63.1. The van der Waals surface area contributed by atoms with Gasteiger partial charge in [-0.05, 0) is 31.5 Å². The molecule has 1 amide bonds. The molecule has 2 aromatic rings. The molecule has 168 valence electrons. The van der Waals surface area contributed by atoms with E-state index >= 15 is 0 Å². The van der Waals surface area contributed by atoms with Crippen LogP contribution in [-0.2, 0) is 16.0 Å². The number of sulfone groups is 1. The van der Waals surface area contributed by atoms with Crippen LogP contribution in [0.2, 0.25) is 5.02 Å². The lowest BCUT2D eigenvalue weighted by Gasteiger charge is -2.19. The Balaban J connectivity index is 2.28. The van der Waals surface area contributed by atoms with E-state index in [1.54, 1.807) is 31.2 Å². The number of aromatic nitrogens is 1. The number of anilines is 1. The number of benzene rings is 1. The van der Waals surface area contributed by atoms with Crippen molar-refractivity contribution in [3.63, 3.8) is 0 Å². The topological polar surface area (TPSA) is 88.2 Å². The molecule has 0 unspecified atom stereocenters. The summed E-state index contributed by atoms with van der Waals surface area (Å²) in [7, 11) is -3.44. The van der Waals surface area contributed by atoms with Crippen LogP contribution in [0.25, 0.3) is 0 Å². The van der Waals surface area contributed by atoms with Crippen molar-refractivity contribution in [3.05, 3.63) is 69.9 Å². The Morgan fingerprint density at radius 1 is 1.23 bits per heavy atom. The molecule has 0 radical (unpaired) electrons. The van der Waals surface area contributed by atoms with E-state index in [-0.39, 0.29) is 5.69 Å². The first-order valence-corrected chi connectivity index (χ1v) is 11.4. The summed E-state index contributed by atoms with van der Waals surface area (Å²) in [4.78, 5) is 16.1. The molecule has 0 saturated carbocycles. The van der Waals surface area contributed by atoms with Gasteiger partial charge in [0.1, 0.15) is 5.69 Å². The lowest BCUT2D eigenvalue weighted by Crippen LogP contribution is -2.33. The van der Waals surface area contributed by atoms with Gasteiger partial charge < -0.3 is 10.6 Å². The maximum atomic E-state index is 13.6. The summed E-state index contributed by atoms with van der Waals surface area (Å²) >= 11 is 6.13. The second-order valence-electron chi connectivity index (χ2n) is 6.93. The number of nitrogens with one attached hydrogen (secondary N) is 2. The third-order valence-electron chi connectivity index (χ3n) is 4.14. The Morgan fingerprint density at radius 3 is 2.45 bits per heavy atom. The average molecular weight is 476 g/mol. The minimum Gasteiger partial charge on any atom is -0.377 e. The Labute approximate surface area is 183 Å². The Kier molecular flexibility index (Phi) is 7.72. The van der Waals surface area contributed by atoms with Crippen molar-refractivity contribution < 1.29 is 26.4 Å². The van der Waals surface area contributed by atoms with Crippen molar-refractivity contribution in [2.45, 2.75) is 32.1 Å². The summed E-state index contributed by atoms with van der Waals surface area (Å²) in [5, 5.41) is 6.50. The van der Waals surface area contributed by atoms with Gasteiger partial charge in [0.05, 0.1) is 23.5 Å². The van der Waals surface area contributed by atoms with Crippen LogP contribution in [0.5, 0.6) is 0 Å². The molecule has 0 saturated heterocycles. The highest BCUT2D eigenvalue weighted by Gasteiger charge is 2.37. The molecule has 6 nitrogen and oxygen atoms in total. The zero-order valence-corrected chi connectivity index (χ0v) is 18.4. The largest absolute Gasteiger partial charge is 0.418 e. The predicted molar refractivity (Wildman–Crippen MR) is 114 cm³/mol. The summed E-state index contributed by atoms with van der Waals surface area (Å²) in [6, 6.07) is 6.45. The molecule has 2 rings (SSSR count). The highest BCUT2D eigenvalue weighted by atomic mass is 35.5. The average Bonchev–Trinajstić information content (AvgIpc) is 2.65. The van der Waals surface area contributed by atoms with Crippen molar-refractivity contribution in [3.8, 4) is 0 Å². The van der Waals surface area contributed by atoms with Crippen molar-refractivity contribution in [1.82, 2.24) is 10.3 Å². The van der Waals surface area contributed by atoms with E-state index in [0.717, 1.165) is 30.0 Å². The van der Waals surface area contributed by atoms with Crippen molar-refractivity contribution in [1.29, 1.82) is 0 Å². The summed E-state index contributed by atoms with van der Waals surface area (Å²) in [6.45, 7) is 3.15. The minimum atomic E-state index is -4.84. The number of carbonyl (C=O) groups excluding carboxylic acids is 1. The first-order valence-electron chi connectivity index (χ1n) is 9.05. The van der Waals surface area contributed by atoms with Gasteiger partial charge in [0, 0.05) is 22.7 Å². The lowest BCUT2D eigenvalue weighted by molar-refractivity contribution is -0.138. The summed E-state index contributed by atoms with van der Waals surface area (Å²) in [6.07, 6.45) is -1.61. The monoisotopic (exact) mass is 475 g/mol. The summed E-state index contributed by atoms with van der Waals surface area (Å²) in [5.41, 5.74) is -1.30. The van der Waals surface area contributed by atoms with E-state index in [0.29, 0.717) is 10.6 Å². The molecule has 0 aliphatic carbocycles. The van der Waals surface area contributed by atoms with Crippen LogP contribution in [0.1, 0.15) is 41.5 Å². The van der Waals surface area contributed by atoms with Crippen LogP contribution in [0.15, 0.2) is 48.0 Å². The Bertz CT molecular complexity index is 1090. The van der Waals surface area contributed by atoms with Crippen LogP contribution < -0.4 is 10.6 Å². The number of alkyl halides is 3. The number of carbonyl (C=O) groups is 1. The van der Waals surface area contributed by atoms with Crippen LogP contribution in [-0.4, -0.2) is 31.6 Å². The molecule has 0 fully saturated rings. The predicted octanol–water partition coefficient (Wildman–Crippen LogP) is 4.60. The zero-order chi connectivity index (χ0) is 23.4. The first kappa shape index (κ1) is 24.7. The third-order valence-corrected chi connectivity index (χ3v) is 5.13. The third kappa shape index (κ3) is 7.25. The minimum absolute atomic E-state index is 0.0568. The van der Waals surface area contributed by atoms with E-state index < -0.39 is 45.3 Å². The number of hydrogen-bond acceptors (Lipinski definition) is 5. The van der Waals surface area contributed by atoms with Crippen LogP contribution in [0.4, 0.5) is 18.9 Å². The van der Waals surface area contributed by atoms with Crippen molar-refractivity contribution >= 4 is 33.0 Å². The van der Waals surface area contributed by atoms with Gasteiger partial charge in [-0.1, -0.05) is 35.9 Å². The Hall–Kier alpha value is -2.59. The Morgan fingerprint density at radius 2 is 1.87 bits per heavy atom. The fourth-order valence-electron chi connectivity index (χ4n) is 2.68. The number of amides is 1. The molecule has 0 bridgehead atoms. The number of pyridine rings is 1. The van der Waals surface area contributed by atoms with Gasteiger partial charge in [-0.2, -0.15) is 13.2 Å². The van der Waals surface area contributed by atoms with Crippen LogP contribution in [0, 0.1) is 0 Å². The maximum absolute atomic E-state index is 13.6. The van der Waals surface area contributed by atoms with Crippen LogP contribution >= 0.6 is 11.6 Å². The van der Waals surface area contributed by atoms with Gasteiger partial charge in [-0.15, -0.1) is 0 Å². The standard InChI is InChI=1S/C20H21ClF3N3O3S/c1-12(8-9-31(3,29)30)26-19(28)18-16(20(22,23)24)10-14(11-25-18)27-13(2)15-6-4-5-7-17(15)21/h4-13,27H,1-3H3,(H,26,28)/b9-8+/t12-,13+/m1/s1. The highest BCUT2D eigenvalue weighted by Crippen LogP contribution is 2.34. The number of nitrogens with zero attached hydrogens (tertiary/aromatic N) is 1. The summed E-state index contributed by atoms with van der Waals surface area (Å²) in [5.74, 6) is -1.08. The van der Waals surface area contributed by atoms with E-state index in [9.17, 15) is 26.4 Å². The maximum Gasteiger partial charge on any atom is 0.418 e. The molecule has 0 aliphatic heterocycles. The molecule has 2 N–H and O–H groups in total. The molecular formula is C20H21ClF3N3O3S. The highest BCUT2D eigenvalue weighted by molar-refractivity contribution is 7.93. The van der Waals surface area contributed by atoms with E-state index in [4.69, 9.17) is 11.6 Å². The van der Waals surface area contributed by atoms with Gasteiger partial charge in [-0.25, -0.2) is 13.4 Å². The van der Waals surface area contributed by atoms with Crippen LogP contribution in [0.3, 0.4) is 0 Å². The van der Waals surface area contributed by atoms with Gasteiger partial charge in [-0.3, -0.25) is 4.79 Å². The first-order chi connectivity index (χ1) is 14.3. The molecule has 2 atom stereocenters. The molecule has 0 aliphatic rings. The number of halogens is 4. The van der Waals surface area contributed by atoms with E-state index in [1.807, 2.05) is 0 Å². The molecule has 1 aromatic heterocycles. The molecule has 1 aromatic carbocycles. The zero-order valence-electron chi connectivity index (χ0n) is 16.9. The fourth-order valence-corrected chi connectivity index (χ4v) is 3.50. The second-order valence-corrected chi connectivity index (χ2v) is 9.26. The van der Waals surface area contributed by atoms with Gasteiger partial charge in [0.15, 0.2) is 9.84 Å². The second kappa shape index (κ2) is 9.69. The van der Waals surface area contributed by atoms with E-state index in [1.165, 1.54) is 6.92 Å². The van der Waals surface area contributed by atoms with Gasteiger partial charge >= 0.3 is 6.18 Å². The molecule has 0 spiro atoms. The normalized spacial score (nSPS) is 14.3. The molecular weight excluding hydrogens is 455 g/mol. The number of rotatable bonds is 7. The molecule has 31 heavy (non-hydrogen) atoms. The quantitative estimate of drug-likeness (QED) is 0.611. The van der Waals surface area contributed by atoms with Gasteiger partial charge in [0.2, 0.25) is 0 Å². The lowest BCUT2D eigenvalue weighted by atomic mass is 10.1. The van der Waals surface area contributed by atoms with Crippen molar-refractivity contribution in [2.75, 3.05) is 11.6 Å². The molecule has 1 heterocycles. The number of hydrogen-bond donors (Lipinski definition) is 2.